The molecule has 0 aromatic heterocycles. The summed E-state index contributed by atoms with van der Waals surface area (Å²) in [6.07, 6.45) is 59.6. The van der Waals surface area contributed by atoms with Gasteiger partial charge in [-0.2, -0.15) is 0 Å². The molecule has 0 rings (SSSR count). The van der Waals surface area contributed by atoms with Crippen LogP contribution in [0.1, 0.15) is 414 Å². The Morgan fingerprint density at radius 1 is 0.276 bits per heavy atom. The van der Waals surface area contributed by atoms with Crippen LogP contribution in [0.3, 0.4) is 0 Å². The Morgan fingerprint density at radius 2 is 0.469 bits per heavy atom. The van der Waals surface area contributed by atoms with Crippen molar-refractivity contribution in [3.05, 3.63) is 0 Å². The summed E-state index contributed by atoms with van der Waals surface area (Å²) in [5, 5.41) is 10.6. The van der Waals surface area contributed by atoms with Crippen LogP contribution < -0.4 is 0 Å². The lowest BCUT2D eigenvalue weighted by Crippen LogP contribution is -2.30. The van der Waals surface area contributed by atoms with Gasteiger partial charge in [-0.1, -0.05) is 363 Å². The minimum Gasteiger partial charge on any atom is -0.462 e. The summed E-state index contributed by atoms with van der Waals surface area (Å²) in [5.41, 5.74) is 0. The fraction of sp³-hybridized carbons (Fsp3) is 0.949. The number of unbranched alkanes of at least 4 members (excludes halogenated alkanes) is 48. The zero-order valence-electron chi connectivity index (χ0n) is 64.1. The summed E-state index contributed by atoms with van der Waals surface area (Å²) in [4.78, 5) is 72.9. The second-order valence-electron chi connectivity index (χ2n) is 29.4. The maximum absolute atomic E-state index is 13.1. The zero-order chi connectivity index (χ0) is 72.1. The first-order valence-electron chi connectivity index (χ1n) is 41.0. The largest absolute Gasteiger partial charge is 0.472 e. The Balaban J connectivity index is 5.22. The first-order valence-corrected chi connectivity index (χ1v) is 44.0. The van der Waals surface area contributed by atoms with Crippen LogP contribution in [-0.2, 0) is 65.4 Å². The van der Waals surface area contributed by atoms with Crippen molar-refractivity contribution in [1.29, 1.82) is 0 Å². The molecule has 0 radical (unpaired) electrons. The quantitative estimate of drug-likeness (QED) is 0.0222. The van der Waals surface area contributed by atoms with Crippen LogP contribution in [-0.4, -0.2) is 96.7 Å². The molecule has 0 fully saturated rings. The number of hydrogen-bond acceptors (Lipinski definition) is 15. The Hall–Kier alpha value is -1.94. The van der Waals surface area contributed by atoms with Gasteiger partial charge in [0, 0.05) is 25.7 Å². The fourth-order valence-electron chi connectivity index (χ4n) is 12.2. The molecule has 0 heterocycles. The van der Waals surface area contributed by atoms with Crippen LogP contribution in [0.5, 0.6) is 0 Å². The highest BCUT2D eigenvalue weighted by molar-refractivity contribution is 7.47. The van der Waals surface area contributed by atoms with Gasteiger partial charge in [0.15, 0.2) is 12.2 Å². The van der Waals surface area contributed by atoms with E-state index in [0.29, 0.717) is 25.7 Å². The van der Waals surface area contributed by atoms with Gasteiger partial charge in [0.1, 0.15) is 19.3 Å². The van der Waals surface area contributed by atoms with E-state index in [-0.39, 0.29) is 25.7 Å². The molecule has 2 unspecified atom stereocenters. The number of phosphoric acid groups is 2. The lowest BCUT2D eigenvalue weighted by molar-refractivity contribution is -0.161. The van der Waals surface area contributed by atoms with Crippen molar-refractivity contribution in [2.24, 2.45) is 11.8 Å². The lowest BCUT2D eigenvalue weighted by atomic mass is 10.0. The van der Waals surface area contributed by atoms with Gasteiger partial charge in [-0.05, 0) is 37.5 Å². The topological polar surface area (TPSA) is 237 Å². The summed E-state index contributed by atoms with van der Waals surface area (Å²) >= 11 is 0. The molecule has 582 valence electrons. The molecule has 0 saturated heterocycles. The predicted molar refractivity (Wildman–Crippen MR) is 400 cm³/mol. The van der Waals surface area contributed by atoms with E-state index in [4.69, 9.17) is 37.0 Å². The molecule has 5 atom stereocenters. The molecule has 0 aliphatic heterocycles. The fourth-order valence-corrected chi connectivity index (χ4v) is 13.8. The molecular formula is C79H154O17P2. The van der Waals surface area contributed by atoms with Crippen molar-refractivity contribution in [3.8, 4) is 0 Å². The first kappa shape index (κ1) is 96.1. The highest BCUT2D eigenvalue weighted by Gasteiger charge is 2.30. The van der Waals surface area contributed by atoms with E-state index >= 15 is 0 Å². The number of aliphatic hydroxyl groups excluding tert-OH is 1. The van der Waals surface area contributed by atoms with Gasteiger partial charge in [0.2, 0.25) is 0 Å². The van der Waals surface area contributed by atoms with Crippen LogP contribution in [0, 0.1) is 11.8 Å². The SMILES string of the molecule is CCCCCCCCCCCCCCCCCCCCCCC(=O)O[C@H](COC(=O)CCCCCCCCCCCCCC(C)C)COP(=O)(O)OC[C@@H](O)COP(=O)(O)OC[C@@H](COC(=O)CCCCCCCCCCCC)OC(=O)CCCCCCCCCCCCCC(C)C. The Kier molecular flexibility index (Phi) is 69.3. The minimum atomic E-state index is -4.96. The number of rotatable bonds is 78. The molecule has 17 nitrogen and oxygen atoms in total. The number of aliphatic hydroxyl groups is 1. The summed E-state index contributed by atoms with van der Waals surface area (Å²) in [6, 6.07) is 0. The molecule has 0 aromatic carbocycles. The number of carbonyl (C=O) groups excluding carboxylic acids is 4. The van der Waals surface area contributed by atoms with E-state index in [9.17, 15) is 43.2 Å². The van der Waals surface area contributed by atoms with Gasteiger partial charge in [-0.15, -0.1) is 0 Å². The summed E-state index contributed by atoms with van der Waals surface area (Å²) in [6.45, 7) is 9.62. The van der Waals surface area contributed by atoms with Crippen LogP contribution in [0.4, 0.5) is 0 Å². The second-order valence-corrected chi connectivity index (χ2v) is 32.3. The van der Waals surface area contributed by atoms with Gasteiger partial charge < -0.3 is 33.8 Å². The number of hydrogen-bond donors (Lipinski definition) is 3. The molecule has 0 amide bonds. The van der Waals surface area contributed by atoms with Crippen molar-refractivity contribution < 1.29 is 80.2 Å². The third kappa shape index (κ3) is 72.4. The van der Waals surface area contributed by atoms with Crippen molar-refractivity contribution in [2.45, 2.75) is 432 Å². The smallest absolute Gasteiger partial charge is 0.462 e. The second kappa shape index (κ2) is 70.7. The molecule has 0 saturated carbocycles. The average Bonchev–Trinajstić information content (AvgIpc) is 1.13. The van der Waals surface area contributed by atoms with Crippen LogP contribution in [0.25, 0.3) is 0 Å². The Labute approximate surface area is 600 Å². The lowest BCUT2D eigenvalue weighted by Gasteiger charge is -2.21. The van der Waals surface area contributed by atoms with Crippen molar-refractivity contribution in [3.63, 3.8) is 0 Å². The van der Waals surface area contributed by atoms with E-state index in [1.54, 1.807) is 0 Å². The van der Waals surface area contributed by atoms with Crippen molar-refractivity contribution in [1.82, 2.24) is 0 Å². The van der Waals surface area contributed by atoms with Crippen molar-refractivity contribution in [2.75, 3.05) is 39.6 Å². The van der Waals surface area contributed by atoms with E-state index in [1.807, 2.05) is 0 Å². The maximum atomic E-state index is 13.1. The van der Waals surface area contributed by atoms with Gasteiger partial charge in [-0.25, -0.2) is 9.13 Å². The Morgan fingerprint density at radius 3 is 0.694 bits per heavy atom. The average molecular weight is 1440 g/mol. The third-order valence-electron chi connectivity index (χ3n) is 18.5. The standard InChI is InChI=1S/C79H154O17P2/c1-7-9-11-13-15-17-19-20-21-22-23-24-25-26-27-32-39-45-51-57-63-78(83)95-75(68-90-77(82)62-56-50-44-38-33-28-30-35-41-47-53-59-71(3)4)70-94-98(87,88)92-66-73(80)65-91-97(85,86)93-69-74(67-89-76(81)61-55-49-43-37-18-16-14-12-10-8-2)96-79(84)64-58-52-46-40-34-29-31-36-42-48-54-60-72(5)6/h71-75,80H,7-70H2,1-6H3,(H,85,86)(H,87,88)/t73-,74+,75+/m0/s1. The molecular weight excluding hydrogens is 1280 g/mol. The maximum Gasteiger partial charge on any atom is 0.472 e. The molecule has 19 heteroatoms. The predicted octanol–water partition coefficient (Wildman–Crippen LogP) is 23.5. The molecule has 3 N–H and O–H groups in total. The summed E-state index contributed by atoms with van der Waals surface area (Å²) in [5.74, 6) is -0.575. The third-order valence-corrected chi connectivity index (χ3v) is 20.4. The molecule has 98 heavy (non-hydrogen) atoms. The van der Waals surface area contributed by atoms with Crippen LogP contribution in [0.15, 0.2) is 0 Å². The number of carbonyl (C=O) groups is 4. The van der Waals surface area contributed by atoms with E-state index in [0.717, 1.165) is 102 Å². The highest BCUT2D eigenvalue weighted by Crippen LogP contribution is 2.45. The van der Waals surface area contributed by atoms with Gasteiger partial charge >= 0.3 is 39.5 Å². The highest BCUT2D eigenvalue weighted by atomic mass is 31.2. The summed E-state index contributed by atoms with van der Waals surface area (Å²) < 4.78 is 68.6. The molecule has 0 spiro atoms. The monoisotopic (exact) mass is 1440 g/mol. The summed E-state index contributed by atoms with van der Waals surface area (Å²) in [7, 11) is -9.92. The number of phosphoric ester groups is 2. The molecule has 0 aromatic rings. The van der Waals surface area contributed by atoms with Crippen molar-refractivity contribution >= 4 is 39.5 Å². The normalized spacial score (nSPS) is 13.9. The zero-order valence-corrected chi connectivity index (χ0v) is 65.9. The van der Waals surface area contributed by atoms with Gasteiger partial charge in [0.25, 0.3) is 0 Å². The van der Waals surface area contributed by atoms with E-state index < -0.39 is 97.5 Å². The number of esters is 4. The van der Waals surface area contributed by atoms with Gasteiger partial charge in [0.05, 0.1) is 26.4 Å². The van der Waals surface area contributed by atoms with Crippen LogP contribution in [0.2, 0.25) is 0 Å². The molecule has 0 bridgehead atoms. The minimum absolute atomic E-state index is 0.107. The first-order chi connectivity index (χ1) is 47.4. The molecule has 0 aliphatic rings. The molecule has 0 aliphatic carbocycles. The van der Waals surface area contributed by atoms with Crippen LogP contribution >= 0.6 is 15.6 Å². The number of ether oxygens (including phenoxy) is 4. The van der Waals surface area contributed by atoms with E-state index in [2.05, 4.69) is 41.5 Å². The Bertz CT molecular complexity index is 1890. The van der Waals surface area contributed by atoms with Gasteiger partial charge in [-0.3, -0.25) is 37.3 Å². The van der Waals surface area contributed by atoms with E-state index in [1.165, 1.54) is 231 Å².